The van der Waals surface area contributed by atoms with Gasteiger partial charge in [-0.1, -0.05) is 30.3 Å². The van der Waals surface area contributed by atoms with E-state index in [1.54, 1.807) is 0 Å². The predicted molar refractivity (Wildman–Crippen MR) is 68.9 cm³/mol. The second kappa shape index (κ2) is 4.53. The zero-order valence-electron chi connectivity index (χ0n) is 10.5. The smallest absolute Gasteiger partial charge is 0.315 e. The van der Waals surface area contributed by atoms with Crippen LogP contribution in [-0.4, -0.2) is 16.1 Å². The molecule has 1 fully saturated rings. The summed E-state index contributed by atoms with van der Waals surface area (Å²) >= 11 is 0. The summed E-state index contributed by atoms with van der Waals surface area (Å²) in [5, 5.41) is 9.19. The first-order valence-electron chi connectivity index (χ1n) is 6.43. The van der Waals surface area contributed by atoms with E-state index in [1.165, 1.54) is 11.8 Å². The third-order valence-electron chi connectivity index (χ3n) is 3.67. The Morgan fingerprint density at radius 1 is 1.26 bits per heavy atom. The number of hydrogen-bond donors (Lipinski definition) is 1. The summed E-state index contributed by atoms with van der Waals surface area (Å²) in [4.78, 5) is 15.5. The normalized spacial score (nSPS) is 16.2. The van der Waals surface area contributed by atoms with Crippen molar-refractivity contribution in [3.63, 3.8) is 0 Å². The summed E-state index contributed by atoms with van der Waals surface area (Å²) in [6.45, 7) is 0. The van der Waals surface area contributed by atoms with E-state index in [4.69, 9.17) is 4.42 Å². The summed E-state index contributed by atoms with van der Waals surface area (Å²) in [5.41, 5.74) is 1.03. The molecule has 3 rings (SSSR count). The Morgan fingerprint density at radius 3 is 2.63 bits per heavy atom. The van der Waals surface area contributed by atoms with Gasteiger partial charge in [-0.25, -0.2) is 4.98 Å². The molecule has 1 aliphatic carbocycles. The highest BCUT2D eigenvalue weighted by atomic mass is 16.4. The molecule has 1 N–H and O–H groups in total. The molecule has 0 saturated heterocycles. The quantitative estimate of drug-likeness (QED) is 0.894. The van der Waals surface area contributed by atoms with Crippen LogP contribution >= 0.6 is 0 Å². The molecule has 0 unspecified atom stereocenters. The van der Waals surface area contributed by atoms with E-state index in [0.717, 1.165) is 6.42 Å². The van der Waals surface area contributed by atoms with Gasteiger partial charge >= 0.3 is 5.97 Å². The van der Waals surface area contributed by atoms with Crippen molar-refractivity contribution in [2.24, 2.45) is 0 Å². The van der Waals surface area contributed by atoms with Crippen LogP contribution < -0.4 is 0 Å². The molecule has 2 aromatic rings. The van der Waals surface area contributed by atoms with E-state index in [2.05, 4.69) is 17.1 Å². The number of carboxylic acids is 1. The second-order valence-corrected chi connectivity index (χ2v) is 5.00. The number of aliphatic carboxylic acids is 1. The average Bonchev–Trinajstić information content (AvgIpc) is 3.11. The molecule has 0 aliphatic heterocycles. The minimum Gasteiger partial charge on any atom is -0.481 e. The van der Waals surface area contributed by atoms with Gasteiger partial charge in [0.05, 0.1) is 5.69 Å². The number of carboxylic acid groups (broad SMARTS) is 1. The number of aromatic nitrogens is 1. The third kappa shape index (κ3) is 2.26. The fourth-order valence-electron chi connectivity index (χ4n) is 2.25. The Bertz CT molecular complexity index is 584. The van der Waals surface area contributed by atoms with Gasteiger partial charge < -0.3 is 9.52 Å². The average molecular weight is 257 g/mol. The van der Waals surface area contributed by atoms with Gasteiger partial charge in [0, 0.05) is 6.42 Å². The predicted octanol–water partition coefficient (Wildman–Crippen LogP) is 2.58. The van der Waals surface area contributed by atoms with E-state index in [0.29, 0.717) is 30.8 Å². The Balaban J connectivity index is 1.68. The second-order valence-electron chi connectivity index (χ2n) is 5.00. The molecule has 1 saturated carbocycles. The monoisotopic (exact) mass is 257 g/mol. The van der Waals surface area contributed by atoms with Gasteiger partial charge in [-0.2, -0.15) is 0 Å². The highest BCUT2D eigenvalue weighted by Crippen LogP contribution is 2.47. The lowest BCUT2D eigenvalue weighted by Crippen LogP contribution is -2.19. The van der Waals surface area contributed by atoms with E-state index >= 15 is 0 Å². The SMILES string of the molecule is O=C(O)C1(c2coc(CCc3ccccc3)n2)CC1. The molecule has 4 nitrogen and oxygen atoms in total. The molecule has 0 amide bonds. The van der Waals surface area contributed by atoms with Crippen LogP contribution in [0.15, 0.2) is 41.0 Å². The van der Waals surface area contributed by atoms with Crippen molar-refractivity contribution in [1.82, 2.24) is 4.98 Å². The maximum Gasteiger partial charge on any atom is 0.315 e. The minimum atomic E-state index is -0.796. The van der Waals surface area contributed by atoms with Crippen molar-refractivity contribution in [2.75, 3.05) is 0 Å². The van der Waals surface area contributed by atoms with Crippen molar-refractivity contribution in [1.29, 1.82) is 0 Å². The van der Waals surface area contributed by atoms with E-state index in [-0.39, 0.29) is 0 Å². The molecule has 1 aromatic heterocycles. The Kier molecular flexibility index (Phi) is 2.85. The molecule has 0 radical (unpaired) electrons. The van der Waals surface area contributed by atoms with Gasteiger partial charge in [-0.15, -0.1) is 0 Å². The van der Waals surface area contributed by atoms with Gasteiger partial charge in [0.15, 0.2) is 5.89 Å². The minimum absolute atomic E-state index is 0.572. The number of nitrogens with zero attached hydrogens (tertiary/aromatic N) is 1. The summed E-state index contributed by atoms with van der Waals surface area (Å²) in [7, 11) is 0. The maximum absolute atomic E-state index is 11.2. The molecule has 0 bridgehead atoms. The third-order valence-corrected chi connectivity index (χ3v) is 3.67. The molecule has 1 aliphatic rings. The topological polar surface area (TPSA) is 63.3 Å². The fourth-order valence-corrected chi connectivity index (χ4v) is 2.25. The van der Waals surface area contributed by atoms with Gasteiger partial charge in [0.25, 0.3) is 0 Å². The summed E-state index contributed by atoms with van der Waals surface area (Å²) < 4.78 is 5.39. The molecule has 1 aromatic carbocycles. The lowest BCUT2D eigenvalue weighted by atomic mass is 10.0. The van der Waals surface area contributed by atoms with Crippen LogP contribution in [0.5, 0.6) is 0 Å². The largest absolute Gasteiger partial charge is 0.481 e. The highest BCUT2D eigenvalue weighted by Gasteiger charge is 2.54. The number of aryl methyl sites for hydroxylation is 2. The van der Waals surface area contributed by atoms with Crippen molar-refractivity contribution >= 4 is 5.97 Å². The number of rotatable bonds is 5. The number of benzene rings is 1. The van der Waals surface area contributed by atoms with Crippen LogP contribution in [0.1, 0.15) is 30.0 Å². The molecule has 98 valence electrons. The molecular formula is C15H15NO3. The highest BCUT2D eigenvalue weighted by molar-refractivity contribution is 5.84. The standard InChI is InChI=1S/C15H15NO3/c17-14(18)15(8-9-15)12-10-19-13(16-12)7-6-11-4-2-1-3-5-11/h1-5,10H,6-9H2,(H,17,18). The van der Waals surface area contributed by atoms with Gasteiger partial charge in [-0.05, 0) is 24.8 Å². The summed E-state index contributed by atoms with van der Waals surface area (Å²) in [5.74, 6) is -0.179. The lowest BCUT2D eigenvalue weighted by molar-refractivity contribution is -0.140. The zero-order valence-corrected chi connectivity index (χ0v) is 10.5. The van der Waals surface area contributed by atoms with Crippen molar-refractivity contribution in [3.05, 3.63) is 53.7 Å². The number of oxazole rings is 1. The van der Waals surface area contributed by atoms with Crippen LogP contribution in [0.4, 0.5) is 0 Å². The summed E-state index contributed by atoms with van der Waals surface area (Å²) in [6.07, 6.45) is 4.36. The van der Waals surface area contributed by atoms with Crippen LogP contribution in [0, 0.1) is 0 Å². The van der Waals surface area contributed by atoms with Crippen molar-refractivity contribution < 1.29 is 14.3 Å². The maximum atomic E-state index is 11.2. The van der Waals surface area contributed by atoms with Gasteiger partial charge in [0.1, 0.15) is 11.7 Å². The van der Waals surface area contributed by atoms with Crippen molar-refractivity contribution in [3.8, 4) is 0 Å². The van der Waals surface area contributed by atoms with Gasteiger partial charge in [-0.3, -0.25) is 4.79 Å². The van der Waals surface area contributed by atoms with Crippen LogP contribution in [-0.2, 0) is 23.1 Å². The Hall–Kier alpha value is -2.10. The molecule has 1 heterocycles. The molecule has 19 heavy (non-hydrogen) atoms. The summed E-state index contributed by atoms with van der Waals surface area (Å²) in [6, 6.07) is 10.1. The first kappa shape index (κ1) is 12.0. The lowest BCUT2D eigenvalue weighted by Gasteiger charge is -2.03. The Labute approximate surface area is 111 Å². The van der Waals surface area contributed by atoms with Crippen LogP contribution in [0.3, 0.4) is 0 Å². The van der Waals surface area contributed by atoms with E-state index in [9.17, 15) is 9.90 Å². The zero-order chi connectivity index (χ0) is 13.3. The van der Waals surface area contributed by atoms with Crippen molar-refractivity contribution in [2.45, 2.75) is 31.1 Å². The van der Waals surface area contributed by atoms with Gasteiger partial charge in [0.2, 0.25) is 0 Å². The van der Waals surface area contributed by atoms with Crippen LogP contribution in [0.25, 0.3) is 0 Å². The number of hydrogen-bond acceptors (Lipinski definition) is 3. The van der Waals surface area contributed by atoms with E-state index < -0.39 is 11.4 Å². The first-order chi connectivity index (χ1) is 9.21. The molecule has 0 atom stereocenters. The molecule has 4 heteroatoms. The first-order valence-corrected chi connectivity index (χ1v) is 6.43. The Morgan fingerprint density at radius 2 is 2.00 bits per heavy atom. The van der Waals surface area contributed by atoms with Crippen LogP contribution in [0.2, 0.25) is 0 Å². The number of carbonyl (C=O) groups is 1. The molecule has 0 spiro atoms. The molecular weight excluding hydrogens is 242 g/mol. The fraction of sp³-hybridized carbons (Fsp3) is 0.333. The van der Waals surface area contributed by atoms with E-state index in [1.807, 2.05) is 18.2 Å².